The molecule has 0 saturated carbocycles. The van der Waals surface area contributed by atoms with Crippen LogP contribution in [0.3, 0.4) is 0 Å². The summed E-state index contributed by atoms with van der Waals surface area (Å²) in [5.41, 5.74) is 2.49. The molecular formula is C40H45Cl2FN4O7. The van der Waals surface area contributed by atoms with Gasteiger partial charge in [-0.15, -0.1) is 0 Å². The third-order valence-electron chi connectivity index (χ3n) is 10.6. The maximum Gasteiger partial charge on any atom is 0.410 e. The number of piperazine rings is 1. The Morgan fingerprint density at radius 3 is 2.26 bits per heavy atom. The lowest BCUT2D eigenvalue weighted by atomic mass is 9.96. The van der Waals surface area contributed by atoms with Gasteiger partial charge in [0, 0.05) is 47.6 Å². The smallest absolute Gasteiger partial charge is 0.410 e. The maximum atomic E-state index is 16.0. The molecule has 11 nitrogen and oxygen atoms in total. The third kappa shape index (κ3) is 7.15. The lowest BCUT2D eigenvalue weighted by Crippen LogP contribution is -2.59. The fraction of sp³-hybridized carbons (Fsp3) is 0.475. The predicted molar refractivity (Wildman–Crippen MR) is 204 cm³/mol. The van der Waals surface area contributed by atoms with Gasteiger partial charge >= 0.3 is 12.1 Å². The van der Waals surface area contributed by atoms with Crippen molar-refractivity contribution in [2.75, 3.05) is 49.9 Å². The highest BCUT2D eigenvalue weighted by Crippen LogP contribution is 2.44. The van der Waals surface area contributed by atoms with Gasteiger partial charge in [0.2, 0.25) is 0 Å². The molecule has 14 heteroatoms. The Hall–Kier alpha value is -4.26. The number of methoxy groups -OCH3 is 1. The Morgan fingerprint density at radius 2 is 1.61 bits per heavy atom. The van der Waals surface area contributed by atoms with E-state index < -0.39 is 23.3 Å². The molecule has 4 heterocycles. The third-order valence-corrected chi connectivity index (χ3v) is 11.2. The number of anilines is 2. The van der Waals surface area contributed by atoms with Crippen LogP contribution in [0, 0.1) is 5.82 Å². The Morgan fingerprint density at radius 1 is 0.926 bits per heavy atom. The molecule has 7 rings (SSSR count). The van der Waals surface area contributed by atoms with Crippen molar-refractivity contribution in [3.05, 3.63) is 75.0 Å². The minimum Gasteiger partial charge on any atom is -0.472 e. The molecule has 2 unspecified atom stereocenters. The summed E-state index contributed by atoms with van der Waals surface area (Å²) < 4.78 is 38.6. The van der Waals surface area contributed by atoms with Gasteiger partial charge in [-0.3, -0.25) is 4.79 Å². The van der Waals surface area contributed by atoms with Crippen molar-refractivity contribution in [3.8, 4) is 16.9 Å². The fourth-order valence-electron chi connectivity index (χ4n) is 8.04. The number of halogens is 3. The van der Waals surface area contributed by atoms with Crippen LogP contribution in [0.4, 0.5) is 20.6 Å². The number of hydrogen-bond donors (Lipinski definition) is 0. The molecule has 4 aliphatic rings. The van der Waals surface area contributed by atoms with Crippen molar-refractivity contribution in [3.63, 3.8) is 0 Å². The molecule has 4 aliphatic heterocycles. The highest BCUT2D eigenvalue weighted by molar-refractivity contribution is 6.40. The van der Waals surface area contributed by atoms with Gasteiger partial charge in [0.1, 0.15) is 17.2 Å². The van der Waals surface area contributed by atoms with Crippen LogP contribution in [0.5, 0.6) is 5.75 Å². The second-order valence-electron chi connectivity index (χ2n) is 15.5. The van der Waals surface area contributed by atoms with E-state index in [1.807, 2.05) is 40.7 Å². The Bertz CT molecular complexity index is 1950. The molecule has 3 aromatic carbocycles. The van der Waals surface area contributed by atoms with Crippen LogP contribution < -0.4 is 14.5 Å². The molecule has 0 aliphatic carbocycles. The van der Waals surface area contributed by atoms with Gasteiger partial charge in [-0.1, -0.05) is 41.4 Å². The normalized spacial score (nSPS) is 22.5. The molecule has 3 fully saturated rings. The zero-order chi connectivity index (χ0) is 38.6. The molecule has 4 atom stereocenters. The minimum atomic E-state index is -0.614. The number of ether oxygens (including phenoxy) is 4. The summed E-state index contributed by atoms with van der Waals surface area (Å²) in [6, 6.07) is 11.7. The summed E-state index contributed by atoms with van der Waals surface area (Å²) in [6.07, 6.45) is 1.46. The van der Waals surface area contributed by atoms with Crippen LogP contribution in [-0.4, -0.2) is 97.7 Å². The molecule has 0 N–H and O–H groups in total. The molecule has 2 amide bonds. The first-order valence-electron chi connectivity index (χ1n) is 18.2. The fourth-order valence-corrected chi connectivity index (χ4v) is 8.68. The molecule has 288 valence electrons. The van der Waals surface area contributed by atoms with Gasteiger partial charge in [0.05, 0.1) is 65.8 Å². The van der Waals surface area contributed by atoms with E-state index in [-0.39, 0.29) is 70.3 Å². The number of fused-ring (bicyclic) bond motifs is 3. The van der Waals surface area contributed by atoms with E-state index in [0.29, 0.717) is 48.9 Å². The second kappa shape index (κ2) is 14.8. The molecule has 0 radical (unpaired) electrons. The molecule has 0 spiro atoms. The SMILES string of the molecule is COC(=O)c1cc(F)c(-c2cccc3c2OCN(C(=O)c2c(Cl)cc(N4C[C@@H](C)N(C(=O)OC(C)(C)C)C[C@H]4C)cc2Cl)C3)cc1N1C2CCC1COC2. The number of hydrogen-bond acceptors (Lipinski definition) is 9. The van der Waals surface area contributed by atoms with E-state index in [1.165, 1.54) is 18.1 Å². The highest BCUT2D eigenvalue weighted by atomic mass is 35.5. The first-order valence-corrected chi connectivity index (χ1v) is 19.0. The number of carbonyl (C=O) groups is 3. The molecule has 3 aromatic rings. The number of para-hydroxylation sites is 1. The van der Waals surface area contributed by atoms with Crippen LogP contribution in [0.1, 0.15) is 73.7 Å². The van der Waals surface area contributed by atoms with Crippen LogP contribution in [0.25, 0.3) is 11.1 Å². The summed E-state index contributed by atoms with van der Waals surface area (Å²) >= 11 is 13.6. The van der Waals surface area contributed by atoms with E-state index in [1.54, 1.807) is 35.2 Å². The van der Waals surface area contributed by atoms with Crippen molar-refractivity contribution >= 4 is 52.5 Å². The number of benzene rings is 3. The molecule has 54 heavy (non-hydrogen) atoms. The maximum absolute atomic E-state index is 16.0. The summed E-state index contributed by atoms with van der Waals surface area (Å²) in [5.74, 6) is -1.17. The number of carbonyl (C=O) groups excluding carboxylic acids is 3. The van der Waals surface area contributed by atoms with Gasteiger partial charge < -0.3 is 38.5 Å². The van der Waals surface area contributed by atoms with Crippen molar-refractivity contribution in [1.29, 1.82) is 0 Å². The zero-order valence-corrected chi connectivity index (χ0v) is 32.8. The van der Waals surface area contributed by atoms with Crippen molar-refractivity contribution < 1.29 is 37.7 Å². The van der Waals surface area contributed by atoms with Gasteiger partial charge in [-0.05, 0) is 71.7 Å². The topological polar surface area (TPSA) is 101 Å². The Kier molecular flexibility index (Phi) is 10.4. The summed E-state index contributed by atoms with van der Waals surface area (Å²) in [4.78, 5) is 47.2. The number of morpholine rings is 1. The summed E-state index contributed by atoms with van der Waals surface area (Å²) in [7, 11) is 1.28. The average Bonchev–Trinajstić information content (AvgIpc) is 3.36. The quantitative estimate of drug-likeness (QED) is 0.240. The van der Waals surface area contributed by atoms with Crippen LogP contribution in [0.2, 0.25) is 10.0 Å². The van der Waals surface area contributed by atoms with E-state index in [9.17, 15) is 14.4 Å². The van der Waals surface area contributed by atoms with E-state index >= 15 is 4.39 Å². The number of esters is 1. The standard InChI is InChI=1S/C40H45Cl2FN4O7/c1-22-17-46(39(50)54-40(3,4)5)23(2)16-45(22)27-12-31(41)35(32(42)13-27)37(48)44-18-24-8-7-9-28(36(24)53-21-44)29-15-34(30(14-33(29)43)38(49)51-6)47-25-10-11-26(47)20-52-19-25/h7-9,12-15,22-23,25-26H,10-11,16-21H2,1-6H3/t22-,23-,25?,26?/m1/s1. The van der Waals surface area contributed by atoms with Gasteiger partial charge in [-0.25, -0.2) is 14.0 Å². The van der Waals surface area contributed by atoms with Crippen LogP contribution >= 0.6 is 23.2 Å². The van der Waals surface area contributed by atoms with E-state index in [0.717, 1.165) is 18.5 Å². The molecular weight excluding hydrogens is 738 g/mol. The van der Waals surface area contributed by atoms with Crippen LogP contribution in [0.15, 0.2) is 42.5 Å². The lowest BCUT2D eigenvalue weighted by Gasteiger charge is -2.45. The monoisotopic (exact) mass is 782 g/mol. The van der Waals surface area contributed by atoms with Gasteiger partial charge in [0.15, 0.2) is 6.73 Å². The van der Waals surface area contributed by atoms with Gasteiger partial charge in [-0.2, -0.15) is 0 Å². The van der Waals surface area contributed by atoms with Crippen molar-refractivity contribution in [2.24, 2.45) is 0 Å². The first-order chi connectivity index (χ1) is 25.6. The number of nitrogens with zero attached hydrogens (tertiary/aromatic N) is 4. The lowest BCUT2D eigenvalue weighted by molar-refractivity contribution is 0.0130. The molecule has 0 aromatic heterocycles. The number of amides is 2. The number of rotatable bonds is 5. The van der Waals surface area contributed by atoms with Crippen LogP contribution in [-0.2, 0) is 20.8 Å². The van der Waals surface area contributed by atoms with Crippen molar-refractivity contribution in [1.82, 2.24) is 9.80 Å². The second-order valence-corrected chi connectivity index (χ2v) is 16.3. The van der Waals surface area contributed by atoms with Crippen molar-refractivity contribution in [2.45, 2.75) is 83.8 Å². The Labute approximate surface area is 324 Å². The first kappa shape index (κ1) is 38.0. The zero-order valence-electron chi connectivity index (χ0n) is 31.3. The largest absolute Gasteiger partial charge is 0.472 e. The summed E-state index contributed by atoms with van der Waals surface area (Å²) in [6.45, 7) is 11.5. The van der Waals surface area contributed by atoms with E-state index in [2.05, 4.69) is 9.80 Å². The van der Waals surface area contributed by atoms with Gasteiger partial charge in [0.25, 0.3) is 5.91 Å². The highest BCUT2D eigenvalue weighted by Gasteiger charge is 2.40. The Balaban J connectivity index is 1.12. The van der Waals surface area contributed by atoms with E-state index in [4.69, 9.17) is 42.1 Å². The predicted octanol–water partition coefficient (Wildman–Crippen LogP) is 7.78. The minimum absolute atomic E-state index is 0.0695. The molecule has 2 bridgehead atoms. The molecule has 3 saturated heterocycles. The average molecular weight is 784 g/mol. The summed E-state index contributed by atoms with van der Waals surface area (Å²) in [5, 5.41) is 0.377.